The van der Waals surface area contributed by atoms with Crippen LogP contribution in [-0.2, 0) is 4.79 Å². The number of piperidine rings is 2. The maximum Gasteiger partial charge on any atom is 0.236 e. The van der Waals surface area contributed by atoms with E-state index in [1.807, 2.05) is 0 Å². The number of amides is 1. The van der Waals surface area contributed by atoms with Crippen LogP contribution in [0, 0.1) is 11.8 Å². The molecule has 1 amide bonds. The molecule has 3 heterocycles. The van der Waals surface area contributed by atoms with Crippen LogP contribution in [0.4, 0.5) is 0 Å². The second kappa shape index (κ2) is 7.10. The van der Waals surface area contributed by atoms with E-state index in [-0.39, 0.29) is 0 Å². The van der Waals surface area contributed by atoms with E-state index in [2.05, 4.69) is 22.0 Å². The second-order valence-corrected chi connectivity index (χ2v) is 7.38. The fraction of sp³-hybridized carbons (Fsp3) is 0.941. The van der Waals surface area contributed by atoms with E-state index in [0.29, 0.717) is 12.5 Å². The molecule has 1 N–H and O–H groups in total. The standard InChI is InChI=1S/C17H31N3O/c1-14-4-11-20(12-5-14)17(21)13-19-9-6-15(7-10-19)16-3-2-8-18-16/h14-16,18H,2-13H2,1H3. The van der Waals surface area contributed by atoms with Crippen molar-refractivity contribution in [1.82, 2.24) is 15.1 Å². The SMILES string of the molecule is CC1CCN(C(=O)CN2CCC(C3CCCN3)CC2)CC1. The van der Waals surface area contributed by atoms with Crippen LogP contribution < -0.4 is 5.32 Å². The van der Waals surface area contributed by atoms with Crippen molar-refractivity contribution >= 4 is 5.91 Å². The van der Waals surface area contributed by atoms with E-state index >= 15 is 0 Å². The monoisotopic (exact) mass is 293 g/mol. The zero-order chi connectivity index (χ0) is 14.7. The molecule has 3 aliphatic rings. The van der Waals surface area contributed by atoms with Crippen LogP contribution in [0.2, 0.25) is 0 Å². The molecule has 3 saturated heterocycles. The lowest BCUT2D eigenvalue weighted by Gasteiger charge is -2.36. The third-order valence-electron chi connectivity index (χ3n) is 5.79. The zero-order valence-electron chi connectivity index (χ0n) is 13.5. The topological polar surface area (TPSA) is 35.6 Å². The van der Waals surface area contributed by atoms with Crippen molar-refractivity contribution in [3.05, 3.63) is 0 Å². The Morgan fingerprint density at radius 2 is 1.76 bits per heavy atom. The van der Waals surface area contributed by atoms with Crippen molar-refractivity contribution in [2.24, 2.45) is 11.8 Å². The largest absolute Gasteiger partial charge is 0.342 e. The summed E-state index contributed by atoms with van der Waals surface area (Å²) in [6.45, 7) is 8.32. The number of rotatable bonds is 3. The fourth-order valence-electron chi connectivity index (χ4n) is 4.18. The van der Waals surface area contributed by atoms with Crippen LogP contribution in [0.3, 0.4) is 0 Å². The number of nitrogens with zero attached hydrogens (tertiary/aromatic N) is 2. The van der Waals surface area contributed by atoms with Gasteiger partial charge in [0.25, 0.3) is 0 Å². The predicted octanol–water partition coefficient (Wildman–Crippen LogP) is 1.71. The van der Waals surface area contributed by atoms with Crippen molar-refractivity contribution in [3.8, 4) is 0 Å². The summed E-state index contributed by atoms with van der Waals surface area (Å²) in [5.41, 5.74) is 0. The van der Waals surface area contributed by atoms with Gasteiger partial charge in [0.1, 0.15) is 0 Å². The van der Waals surface area contributed by atoms with Crippen LogP contribution in [0.1, 0.15) is 45.4 Å². The molecule has 0 aromatic rings. The summed E-state index contributed by atoms with van der Waals surface area (Å²) in [6.07, 6.45) is 7.60. The van der Waals surface area contributed by atoms with Gasteiger partial charge in [-0.2, -0.15) is 0 Å². The molecule has 120 valence electrons. The molecular weight excluding hydrogens is 262 g/mol. The number of carbonyl (C=O) groups excluding carboxylic acids is 1. The van der Waals surface area contributed by atoms with Gasteiger partial charge in [-0.1, -0.05) is 6.92 Å². The van der Waals surface area contributed by atoms with Crippen molar-refractivity contribution in [2.45, 2.75) is 51.5 Å². The van der Waals surface area contributed by atoms with Crippen LogP contribution in [0.15, 0.2) is 0 Å². The van der Waals surface area contributed by atoms with Gasteiger partial charge in [0, 0.05) is 19.1 Å². The summed E-state index contributed by atoms with van der Waals surface area (Å²) in [5.74, 6) is 2.00. The normalized spacial score (nSPS) is 30.0. The Morgan fingerprint density at radius 3 is 2.38 bits per heavy atom. The number of nitrogens with one attached hydrogen (secondary N) is 1. The Kier molecular flexibility index (Phi) is 5.17. The Hall–Kier alpha value is -0.610. The molecule has 3 fully saturated rings. The van der Waals surface area contributed by atoms with E-state index in [4.69, 9.17) is 0 Å². The predicted molar refractivity (Wildman–Crippen MR) is 85.2 cm³/mol. The first-order valence-corrected chi connectivity index (χ1v) is 8.96. The number of likely N-dealkylation sites (tertiary alicyclic amines) is 2. The first kappa shape index (κ1) is 15.3. The Morgan fingerprint density at radius 1 is 1.05 bits per heavy atom. The molecule has 0 radical (unpaired) electrons. The van der Waals surface area contributed by atoms with Gasteiger partial charge >= 0.3 is 0 Å². The van der Waals surface area contributed by atoms with E-state index in [9.17, 15) is 4.79 Å². The highest BCUT2D eigenvalue weighted by molar-refractivity contribution is 5.78. The van der Waals surface area contributed by atoms with Crippen LogP contribution >= 0.6 is 0 Å². The molecule has 4 heteroatoms. The Balaban J connectivity index is 1.39. The Bertz CT molecular complexity index is 338. The van der Waals surface area contributed by atoms with Gasteiger partial charge in [-0.05, 0) is 70.0 Å². The summed E-state index contributed by atoms with van der Waals surface area (Å²) < 4.78 is 0. The molecule has 0 bridgehead atoms. The van der Waals surface area contributed by atoms with Gasteiger partial charge < -0.3 is 10.2 Å². The van der Waals surface area contributed by atoms with Gasteiger partial charge in [0.05, 0.1) is 6.54 Å². The molecule has 0 aromatic heterocycles. The summed E-state index contributed by atoms with van der Waals surface area (Å²) in [6, 6.07) is 0.756. The lowest BCUT2D eigenvalue weighted by atomic mass is 9.88. The lowest BCUT2D eigenvalue weighted by molar-refractivity contribution is -0.134. The average molecular weight is 293 g/mol. The molecule has 3 aliphatic heterocycles. The fourth-order valence-corrected chi connectivity index (χ4v) is 4.18. The second-order valence-electron chi connectivity index (χ2n) is 7.38. The highest BCUT2D eigenvalue weighted by atomic mass is 16.2. The molecular formula is C17H31N3O. The minimum atomic E-state index is 0.361. The number of hydrogen-bond donors (Lipinski definition) is 1. The maximum atomic E-state index is 12.4. The third kappa shape index (κ3) is 3.98. The summed E-state index contributed by atoms with van der Waals surface area (Å²) >= 11 is 0. The molecule has 0 spiro atoms. The number of hydrogen-bond acceptors (Lipinski definition) is 3. The lowest BCUT2D eigenvalue weighted by Crippen LogP contribution is -2.47. The third-order valence-corrected chi connectivity index (χ3v) is 5.79. The van der Waals surface area contributed by atoms with E-state index < -0.39 is 0 Å². The highest BCUT2D eigenvalue weighted by Crippen LogP contribution is 2.25. The van der Waals surface area contributed by atoms with Gasteiger partial charge in [0.2, 0.25) is 5.91 Å². The zero-order valence-corrected chi connectivity index (χ0v) is 13.5. The van der Waals surface area contributed by atoms with Crippen LogP contribution in [0.25, 0.3) is 0 Å². The molecule has 0 aromatic carbocycles. The van der Waals surface area contributed by atoms with Gasteiger partial charge in [-0.3, -0.25) is 9.69 Å². The molecule has 4 nitrogen and oxygen atoms in total. The first-order chi connectivity index (χ1) is 10.2. The average Bonchev–Trinajstić information content (AvgIpc) is 3.03. The van der Waals surface area contributed by atoms with Gasteiger partial charge in [-0.15, -0.1) is 0 Å². The van der Waals surface area contributed by atoms with Gasteiger partial charge in [-0.25, -0.2) is 0 Å². The summed E-state index contributed by atoms with van der Waals surface area (Å²) in [5, 5.41) is 3.64. The molecule has 1 unspecified atom stereocenters. The molecule has 0 saturated carbocycles. The Labute approximate surface area is 129 Å². The number of carbonyl (C=O) groups is 1. The molecule has 3 rings (SSSR count). The van der Waals surface area contributed by atoms with Crippen LogP contribution in [0.5, 0.6) is 0 Å². The maximum absolute atomic E-state index is 12.4. The molecule has 1 atom stereocenters. The quantitative estimate of drug-likeness (QED) is 0.860. The molecule has 21 heavy (non-hydrogen) atoms. The summed E-state index contributed by atoms with van der Waals surface area (Å²) in [7, 11) is 0. The van der Waals surface area contributed by atoms with Crippen molar-refractivity contribution < 1.29 is 4.79 Å². The smallest absolute Gasteiger partial charge is 0.236 e. The van der Waals surface area contributed by atoms with E-state index in [1.165, 1.54) is 45.1 Å². The highest BCUT2D eigenvalue weighted by Gasteiger charge is 2.29. The summed E-state index contributed by atoms with van der Waals surface area (Å²) in [4.78, 5) is 16.9. The van der Waals surface area contributed by atoms with E-state index in [1.54, 1.807) is 0 Å². The van der Waals surface area contributed by atoms with Crippen LogP contribution in [-0.4, -0.2) is 61.0 Å². The van der Waals surface area contributed by atoms with Crippen molar-refractivity contribution in [3.63, 3.8) is 0 Å². The minimum absolute atomic E-state index is 0.361. The van der Waals surface area contributed by atoms with Gasteiger partial charge in [0.15, 0.2) is 0 Å². The minimum Gasteiger partial charge on any atom is -0.342 e. The molecule has 0 aliphatic carbocycles. The first-order valence-electron chi connectivity index (χ1n) is 8.96. The van der Waals surface area contributed by atoms with E-state index in [0.717, 1.165) is 44.1 Å². The van der Waals surface area contributed by atoms with Crippen molar-refractivity contribution in [1.29, 1.82) is 0 Å². The van der Waals surface area contributed by atoms with Crippen molar-refractivity contribution in [2.75, 3.05) is 39.3 Å².